The lowest BCUT2D eigenvalue weighted by Gasteiger charge is -2.12. The SMILES string of the molecule is COc1ccc(CNC(C)CC(N)=O)cc1O. The van der Waals surface area contributed by atoms with Crippen molar-refractivity contribution in [1.29, 1.82) is 0 Å². The van der Waals surface area contributed by atoms with Crippen LogP contribution in [0.3, 0.4) is 0 Å². The van der Waals surface area contributed by atoms with E-state index in [0.29, 0.717) is 18.7 Å². The number of aromatic hydroxyl groups is 1. The molecule has 1 amide bonds. The van der Waals surface area contributed by atoms with Gasteiger partial charge in [0.15, 0.2) is 11.5 Å². The Kier molecular flexibility index (Phi) is 4.78. The van der Waals surface area contributed by atoms with E-state index in [1.54, 1.807) is 12.1 Å². The summed E-state index contributed by atoms with van der Waals surface area (Å²) in [7, 11) is 1.50. The molecule has 0 aliphatic carbocycles. The maximum absolute atomic E-state index is 10.7. The van der Waals surface area contributed by atoms with E-state index in [1.165, 1.54) is 7.11 Å². The maximum Gasteiger partial charge on any atom is 0.218 e. The van der Waals surface area contributed by atoms with Crippen LogP contribution in [0.15, 0.2) is 18.2 Å². The van der Waals surface area contributed by atoms with Crippen molar-refractivity contribution in [1.82, 2.24) is 5.32 Å². The number of nitrogens with two attached hydrogens (primary N) is 1. The number of phenols is 1. The highest BCUT2D eigenvalue weighted by molar-refractivity contribution is 5.74. The van der Waals surface area contributed by atoms with E-state index in [0.717, 1.165) is 5.56 Å². The maximum atomic E-state index is 10.7. The van der Waals surface area contributed by atoms with Crippen molar-refractivity contribution in [3.8, 4) is 11.5 Å². The number of benzene rings is 1. The summed E-state index contributed by atoms with van der Waals surface area (Å²) in [4.78, 5) is 10.7. The van der Waals surface area contributed by atoms with Crippen LogP contribution in [0.25, 0.3) is 0 Å². The molecule has 1 aromatic rings. The number of phenolic OH excluding ortho intramolecular Hbond substituents is 1. The van der Waals surface area contributed by atoms with Crippen LogP contribution in [0.4, 0.5) is 0 Å². The van der Waals surface area contributed by atoms with Gasteiger partial charge in [-0.1, -0.05) is 6.07 Å². The molecule has 94 valence electrons. The van der Waals surface area contributed by atoms with Gasteiger partial charge in [0.25, 0.3) is 0 Å². The largest absolute Gasteiger partial charge is 0.504 e. The molecule has 0 aromatic heterocycles. The molecule has 5 nitrogen and oxygen atoms in total. The number of carbonyl (C=O) groups is 1. The summed E-state index contributed by atoms with van der Waals surface area (Å²) in [5.41, 5.74) is 6.01. The quantitative estimate of drug-likeness (QED) is 0.683. The molecule has 0 bridgehead atoms. The molecule has 17 heavy (non-hydrogen) atoms. The Balaban J connectivity index is 2.52. The highest BCUT2D eigenvalue weighted by Gasteiger charge is 2.06. The summed E-state index contributed by atoms with van der Waals surface area (Å²) >= 11 is 0. The summed E-state index contributed by atoms with van der Waals surface area (Å²) in [6.45, 7) is 2.44. The van der Waals surface area contributed by atoms with Gasteiger partial charge in [0.05, 0.1) is 7.11 Å². The van der Waals surface area contributed by atoms with Crippen LogP contribution < -0.4 is 15.8 Å². The van der Waals surface area contributed by atoms with Gasteiger partial charge in [0.1, 0.15) is 0 Å². The average Bonchev–Trinajstić information content (AvgIpc) is 2.25. The normalized spacial score (nSPS) is 12.1. The van der Waals surface area contributed by atoms with E-state index >= 15 is 0 Å². The standard InChI is InChI=1S/C12H18N2O3/c1-8(5-12(13)16)14-7-9-3-4-11(17-2)10(15)6-9/h3-4,6,8,14-15H,5,7H2,1-2H3,(H2,13,16). The molecule has 0 saturated carbocycles. The zero-order valence-electron chi connectivity index (χ0n) is 10.1. The number of rotatable bonds is 6. The molecule has 4 N–H and O–H groups in total. The van der Waals surface area contributed by atoms with Gasteiger partial charge in [0, 0.05) is 19.0 Å². The average molecular weight is 238 g/mol. The van der Waals surface area contributed by atoms with Gasteiger partial charge in [-0.05, 0) is 24.6 Å². The minimum Gasteiger partial charge on any atom is -0.504 e. The first kappa shape index (κ1) is 13.3. The van der Waals surface area contributed by atoms with Crippen molar-refractivity contribution in [3.05, 3.63) is 23.8 Å². The van der Waals surface area contributed by atoms with Crippen LogP contribution in [0.5, 0.6) is 11.5 Å². The first-order chi connectivity index (χ1) is 8.02. The van der Waals surface area contributed by atoms with E-state index in [9.17, 15) is 9.90 Å². The third kappa shape index (κ3) is 4.32. The molecule has 0 fully saturated rings. The molecule has 0 spiro atoms. The number of hydrogen-bond donors (Lipinski definition) is 3. The first-order valence-electron chi connectivity index (χ1n) is 5.40. The molecule has 1 unspecified atom stereocenters. The van der Waals surface area contributed by atoms with Crippen LogP contribution >= 0.6 is 0 Å². The number of methoxy groups -OCH3 is 1. The van der Waals surface area contributed by atoms with Gasteiger partial charge in [-0.25, -0.2) is 0 Å². The van der Waals surface area contributed by atoms with Crippen LogP contribution in [0.2, 0.25) is 0 Å². The van der Waals surface area contributed by atoms with E-state index < -0.39 is 0 Å². The van der Waals surface area contributed by atoms with Crippen molar-refractivity contribution in [2.45, 2.75) is 25.9 Å². The lowest BCUT2D eigenvalue weighted by molar-refractivity contribution is -0.118. The number of primary amides is 1. The Hall–Kier alpha value is -1.75. The Morgan fingerprint density at radius 3 is 2.82 bits per heavy atom. The second-order valence-electron chi connectivity index (χ2n) is 3.96. The number of hydrogen-bond acceptors (Lipinski definition) is 4. The van der Waals surface area contributed by atoms with Crippen molar-refractivity contribution >= 4 is 5.91 Å². The topological polar surface area (TPSA) is 84.6 Å². The Bertz CT molecular complexity index is 393. The summed E-state index contributed by atoms with van der Waals surface area (Å²) in [6, 6.07) is 5.19. The predicted octanol–water partition coefficient (Wildman–Crippen LogP) is 0.754. The van der Waals surface area contributed by atoms with Gasteiger partial charge in [0.2, 0.25) is 5.91 Å². The van der Waals surface area contributed by atoms with E-state index in [2.05, 4.69) is 5.32 Å². The van der Waals surface area contributed by atoms with Crippen LogP contribution in [0, 0.1) is 0 Å². The molecular formula is C12H18N2O3. The molecule has 0 heterocycles. The number of ether oxygens (including phenoxy) is 1. The van der Waals surface area contributed by atoms with Crippen molar-refractivity contribution in [2.75, 3.05) is 7.11 Å². The van der Waals surface area contributed by atoms with Crippen molar-refractivity contribution < 1.29 is 14.6 Å². The number of carbonyl (C=O) groups excluding carboxylic acids is 1. The summed E-state index contributed by atoms with van der Waals surface area (Å²) in [6.07, 6.45) is 0.294. The Morgan fingerprint density at radius 2 is 2.29 bits per heavy atom. The molecule has 1 rings (SSSR count). The van der Waals surface area contributed by atoms with Gasteiger partial charge >= 0.3 is 0 Å². The zero-order chi connectivity index (χ0) is 12.8. The minimum atomic E-state index is -0.331. The molecule has 1 aromatic carbocycles. The van der Waals surface area contributed by atoms with Gasteiger partial charge in [-0.3, -0.25) is 4.79 Å². The number of amides is 1. The molecule has 0 aliphatic heterocycles. The molecular weight excluding hydrogens is 220 g/mol. The van der Waals surface area contributed by atoms with Crippen LogP contribution in [-0.4, -0.2) is 24.2 Å². The smallest absolute Gasteiger partial charge is 0.218 e. The zero-order valence-corrected chi connectivity index (χ0v) is 10.1. The monoisotopic (exact) mass is 238 g/mol. The Morgan fingerprint density at radius 1 is 1.59 bits per heavy atom. The third-order valence-electron chi connectivity index (χ3n) is 2.41. The predicted molar refractivity (Wildman–Crippen MR) is 64.8 cm³/mol. The van der Waals surface area contributed by atoms with Crippen LogP contribution in [-0.2, 0) is 11.3 Å². The van der Waals surface area contributed by atoms with Gasteiger partial charge in [-0.2, -0.15) is 0 Å². The number of nitrogens with one attached hydrogen (secondary N) is 1. The highest BCUT2D eigenvalue weighted by Crippen LogP contribution is 2.26. The lowest BCUT2D eigenvalue weighted by atomic mass is 10.1. The Labute approximate surface area is 101 Å². The van der Waals surface area contributed by atoms with E-state index in [4.69, 9.17) is 10.5 Å². The minimum absolute atomic E-state index is 0.0109. The molecule has 0 radical (unpaired) electrons. The fourth-order valence-electron chi connectivity index (χ4n) is 1.51. The van der Waals surface area contributed by atoms with Crippen LogP contribution in [0.1, 0.15) is 18.9 Å². The van der Waals surface area contributed by atoms with E-state index in [1.807, 2.05) is 13.0 Å². The first-order valence-corrected chi connectivity index (χ1v) is 5.40. The molecule has 1 atom stereocenters. The second-order valence-corrected chi connectivity index (χ2v) is 3.96. The fourth-order valence-corrected chi connectivity index (χ4v) is 1.51. The summed E-state index contributed by atoms with van der Waals surface area (Å²) < 4.78 is 4.95. The second kappa shape index (κ2) is 6.10. The third-order valence-corrected chi connectivity index (χ3v) is 2.41. The summed E-state index contributed by atoms with van der Waals surface area (Å²) in [5, 5.41) is 12.7. The molecule has 0 saturated heterocycles. The fraction of sp³-hybridized carbons (Fsp3) is 0.417. The van der Waals surface area contributed by atoms with Crippen molar-refractivity contribution in [2.24, 2.45) is 5.73 Å². The van der Waals surface area contributed by atoms with E-state index in [-0.39, 0.29) is 17.7 Å². The van der Waals surface area contributed by atoms with Crippen molar-refractivity contribution in [3.63, 3.8) is 0 Å². The lowest BCUT2D eigenvalue weighted by Crippen LogP contribution is -2.30. The van der Waals surface area contributed by atoms with Gasteiger partial charge in [-0.15, -0.1) is 0 Å². The molecule has 5 heteroatoms. The highest BCUT2D eigenvalue weighted by atomic mass is 16.5. The summed E-state index contributed by atoms with van der Waals surface area (Å²) in [5.74, 6) is 0.218. The molecule has 0 aliphatic rings. The van der Waals surface area contributed by atoms with Gasteiger partial charge < -0.3 is 20.9 Å².